The van der Waals surface area contributed by atoms with Crippen LogP contribution in [-0.2, 0) is 33.9 Å². The second kappa shape index (κ2) is 13.5. The molecule has 7 heteroatoms. The molecule has 0 spiro atoms. The molecule has 3 aromatic heterocycles. The van der Waals surface area contributed by atoms with E-state index in [9.17, 15) is 0 Å². The Morgan fingerprint density at radius 2 is 1.55 bits per heavy atom. The maximum Gasteiger partial charge on any atom is 2.00 e. The average Bonchev–Trinajstić information content (AvgIpc) is 3.59. The van der Waals surface area contributed by atoms with E-state index < -0.39 is 0 Å². The second-order valence-corrected chi connectivity index (χ2v) is 12.5. The van der Waals surface area contributed by atoms with Gasteiger partial charge < -0.3 is 9.30 Å². The predicted octanol–water partition coefficient (Wildman–Crippen LogP) is 10.2. The Morgan fingerprint density at radius 3 is 2.28 bits per heavy atom. The van der Waals surface area contributed by atoms with Crippen molar-refractivity contribution in [2.75, 3.05) is 6.26 Å². The van der Waals surface area contributed by atoms with Crippen LogP contribution in [0.3, 0.4) is 0 Å². The first kappa shape index (κ1) is 32.8. The summed E-state index contributed by atoms with van der Waals surface area (Å²) in [5.74, 6) is 2.08. The molecule has 0 aliphatic heterocycles. The number of nitrogens with zero attached hydrogens (tertiary/aromatic N) is 4. The molecule has 0 N–H and O–H groups in total. The summed E-state index contributed by atoms with van der Waals surface area (Å²) >= 11 is 1.78. The van der Waals surface area contributed by atoms with Crippen molar-refractivity contribution in [1.82, 2.24) is 19.3 Å². The molecule has 0 fully saturated rings. The van der Waals surface area contributed by atoms with Gasteiger partial charge in [0.05, 0.1) is 5.69 Å². The van der Waals surface area contributed by atoms with Gasteiger partial charge in [-0.3, -0.25) is 4.68 Å². The maximum absolute atomic E-state index is 6.46. The quantitative estimate of drug-likeness (QED) is 0.113. The zero-order valence-corrected chi connectivity index (χ0v) is 30.5. The Morgan fingerprint density at radius 1 is 0.787 bits per heavy atom. The van der Waals surface area contributed by atoms with Gasteiger partial charge in [0, 0.05) is 39.4 Å². The Hall–Kier alpha value is -4.12. The van der Waals surface area contributed by atoms with Crippen LogP contribution in [0.2, 0.25) is 0 Å². The second-order valence-electron chi connectivity index (χ2n) is 11.7. The summed E-state index contributed by atoms with van der Waals surface area (Å²) in [7, 11) is 0. The van der Waals surface area contributed by atoms with E-state index in [1.807, 2.05) is 36.5 Å². The Labute approximate surface area is 295 Å². The molecule has 0 bridgehead atoms. The van der Waals surface area contributed by atoms with Crippen LogP contribution in [0.15, 0.2) is 90.0 Å². The molecule has 4 aromatic carbocycles. The summed E-state index contributed by atoms with van der Waals surface area (Å²) in [5, 5.41) is 7.40. The molecule has 0 aliphatic rings. The molecule has 0 saturated carbocycles. The van der Waals surface area contributed by atoms with E-state index in [4.69, 9.17) is 14.8 Å². The van der Waals surface area contributed by atoms with Crippen LogP contribution in [0.25, 0.3) is 44.4 Å². The van der Waals surface area contributed by atoms with Crippen molar-refractivity contribution in [1.29, 1.82) is 0 Å². The smallest absolute Gasteiger partial charge is 0.509 e. The number of hydrogen-bond acceptors (Lipinski definition) is 4. The zero-order chi connectivity index (χ0) is 31.9. The largest absolute Gasteiger partial charge is 2.00 e. The molecule has 3 heterocycles. The number of thioether (sulfide) groups is 1. The third kappa shape index (κ3) is 5.94. The summed E-state index contributed by atoms with van der Waals surface area (Å²) in [5.41, 5.74) is 11.4. The first-order valence-corrected chi connectivity index (χ1v) is 17.0. The Balaban J connectivity index is 0.00000386. The van der Waals surface area contributed by atoms with Gasteiger partial charge in [0.25, 0.3) is 0 Å². The average molecular weight is 816 g/mol. The fourth-order valence-electron chi connectivity index (χ4n) is 6.55. The van der Waals surface area contributed by atoms with Gasteiger partial charge in [0.1, 0.15) is 5.82 Å². The number of ether oxygens (including phenoxy) is 1. The molecule has 0 radical (unpaired) electrons. The van der Waals surface area contributed by atoms with Gasteiger partial charge in [0.2, 0.25) is 0 Å². The van der Waals surface area contributed by atoms with Gasteiger partial charge >= 0.3 is 21.1 Å². The Bertz CT molecular complexity index is 2230. The summed E-state index contributed by atoms with van der Waals surface area (Å²) in [6.45, 7) is 10.9. The van der Waals surface area contributed by atoms with E-state index >= 15 is 0 Å². The third-order valence-corrected chi connectivity index (χ3v) is 9.31. The van der Waals surface area contributed by atoms with Crippen LogP contribution in [0, 0.1) is 32.9 Å². The van der Waals surface area contributed by atoms with E-state index in [2.05, 4.69) is 111 Å². The molecular weight excluding hydrogens is 780 g/mol. The van der Waals surface area contributed by atoms with E-state index in [-0.39, 0.29) is 21.1 Å². The van der Waals surface area contributed by atoms with Gasteiger partial charge in [-0.2, -0.15) is 17.2 Å². The van der Waals surface area contributed by atoms with E-state index in [0.29, 0.717) is 11.5 Å². The molecule has 0 atom stereocenters. The van der Waals surface area contributed by atoms with Crippen molar-refractivity contribution in [2.24, 2.45) is 0 Å². The molecule has 0 saturated heterocycles. The third-order valence-electron chi connectivity index (χ3n) is 8.60. The van der Waals surface area contributed by atoms with Crippen molar-refractivity contribution in [3.63, 3.8) is 0 Å². The molecule has 5 nitrogen and oxygen atoms in total. The minimum Gasteiger partial charge on any atom is -0.509 e. The monoisotopic (exact) mass is 815 g/mol. The van der Waals surface area contributed by atoms with Gasteiger partial charge in [0.15, 0.2) is 0 Å². The van der Waals surface area contributed by atoms with Crippen LogP contribution in [0.4, 0.5) is 0 Å². The van der Waals surface area contributed by atoms with Gasteiger partial charge in [-0.1, -0.05) is 37.6 Å². The molecule has 238 valence electrons. The number of hydrogen-bond donors (Lipinski definition) is 0. The van der Waals surface area contributed by atoms with Gasteiger partial charge in [-0.25, -0.2) is 4.98 Å². The van der Waals surface area contributed by atoms with Crippen molar-refractivity contribution in [3.8, 4) is 34.1 Å². The molecule has 0 unspecified atom stereocenters. The van der Waals surface area contributed by atoms with Gasteiger partial charge in [-0.15, -0.1) is 47.5 Å². The van der Waals surface area contributed by atoms with Crippen LogP contribution in [0.5, 0.6) is 11.5 Å². The SMILES string of the molecule is CCc1nn(-c2[c-]c(Oc3[c-]c4c(cc3)c3ccccc3n4-c3cc(C)ccn3)ccc2)c(CC)c1-c1c(C)cc(SC)cc1C.[Pt+2]. The van der Waals surface area contributed by atoms with Crippen LogP contribution >= 0.6 is 11.8 Å². The molecule has 0 amide bonds. The van der Waals surface area contributed by atoms with Crippen molar-refractivity contribution < 1.29 is 25.8 Å². The van der Waals surface area contributed by atoms with Crippen LogP contribution < -0.4 is 4.74 Å². The molecule has 7 rings (SSSR count). The number of para-hydroxylation sites is 1. The number of pyridine rings is 1. The first-order valence-electron chi connectivity index (χ1n) is 15.8. The maximum atomic E-state index is 6.46. The summed E-state index contributed by atoms with van der Waals surface area (Å²) in [6, 6.07) is 34.2. The van der Waals surface area contributed by atoms with Crippen LogP contribution in [-0.4, -0.2) is 25.6 Å². The van der Waals surface area contributed by atoms with Crippen molar-refractivity contribution >= 4 is 33.6 Å². The number of aromatic nitrogens is 4. The molecular formula is C40H36N4OPtS. The summed E-state index contributed by atoms with van der Waals surface area (Å²) < 4.78 is 10.7. The zero-order valence-electron chi connectivity index (χ0n) is 27.4. The topological polar surface area (TPSA) is 44.9 Å². The number of benzene rings is 4. The molecule has 47 heavy (non-hydrogen) atoms. The van der Waals surface area contributed by atoms with E-state index in [0.717, 1.165) is 57.4 Å². The van der Waals surface area contributed by atoms with Crippen molar-refractivity contribution in [3.05, 3.63) is 125 Å². The fourth-order valence-corrected chi connectivity index (χ4v) is 7.14. The van der Waals surface area contributed by atoms with Crippen LogP contribution in [0.1, 0.15) is 41.9 Å². The predicted molar refractivity (Wildman–Crippen MR) is 190 cm³/mol. The van der Waals surface area contributed by atoms with Crippen molar-refractivity contribution in [2.45, 2.75) is 52.4 Å². The first-order chi connectivity index (χ1) is 22.4. The fraction of sp³-hybridized carbons (Fsp3) is 0.200. The Kier molecular flexibility index (Phi) is 9.45. The minimum atomic E-state index is 0. The normalized spacial score (nSPS) is 11.3. The summed E-state index contributed by atoms with van der Waals surface area (Å²) in [4.78, 5) is 5.98. The number of fused-ring (bicyclic) bond motifs is 3. The van der Waals surface area contributed by atoms with E-state index in [1.54, 1.807) is 11.8 Å². The molecule has 0 aliphatic carbocycles. The summed E-state index contributed by atoms with van der Waals surface area (Å²) in [6.07, 6.45) is 5.66. The standard InChI is InChI=1S/C40H36N4OS.Pt/c1-7-34-40(39-26(4)21-31(46-6)22-27(39)5)35(8-2)44(42-34)28-12-11-13-29(23-28)45-30-16-17-33-32-14-9-10-15-36(32)43(37(33)24-30)38-20-25(3)18-19-41-38;/h9-22H,7-8H2,1-6H3;/q-2;+2. The number of aryl methyl sites for hydroxylation is 4. The van der Waals surface area contributed by atoms with E-state index in [1.165, 1.54) is 32.8 Å². The number of rotatable bonds is 8. The van der Waals surface area contributed by atoms with Gasteiger partial charge in [-0.05, 0) is 104 Å². The molecule has 7 aromatic rings. The minimum absolute atomic E-state index is 0.